The van der Waals surface area contributed by atoms with Crippen LogP contribution in [0.4, 0.5) is 11.4 Å². The summed E-state index contributed by atoms with van der Waals surface area (Å²) in [6.07, 6.45) is 0. The smallest absolute Gasteiger partial charge is 0.234 e. The van der Waals surface area contributed by atoms with Gasteiger partial charge in [-0.2, -0.15) is 0 Å². The number of carbonyl (C=O) groups excluding carboxylic acids is 1. The summed E-state index contributed by atoms with van der Waals surface area (Å²) in [6.45, 7) is 4.27. The van der Waals surface area contributed by atoms with E-state index >= 15 is 0 Å². The molecule has 0 saturated carbocycles. The maximum Gasteiger partial charge on any atom is 0.234 e. The number of rotatable bonds is 5. The van der Waals surface area contributed by atoms with Crippen LogP contribution in [0.1, 0.15) is 25.3 Å². The van der Waals surface area contributed by atoms with E-state index in [0.29, 0.717) is 17.4 Å². The number of hydrogen-bond acceptors (Lipinski definition) is 3. The van der Waals surface area contributed by atoms with Crippen molar-refractivity contribution in [3.8, 4) is 0 Å². The van der Waals surface area contributed by atoms with E-state index < -0.39 is 0 Å². The number of thioether (sulfide) groups is 1. The number of anilines is 2. The molecule has 1 amide bonds. The summed E-state index contributed by atoms with van der Waals surface area (Å²) in [5.74, 6) is 0.807. The van der Waals surface area contributed by atoms with Gasteiger partial charge in [0.05, 0.1) is 5.75 Å². The van der Waals surface area contributed by atoms with E-state index in [1.807, 2.05) is 42.5 Å². The van der Waals surface area contributed by atoms with Gasteiger partial charge in [-0.15, -0.1) is 11.8 Å². The quantitative estimate of drug-likeness (QED) is 0.645. The van der Waals surface area contributed by atoms with E-state index in [-0.39, 0.29) is 5.91 Å². The van der Waals surface area contributed by atoms with Crippen LogP contribution in [0.5, 0.6) is 0 Å². The van der Waals surface area contributed by atoms with Gasteiger partial charge in [0.15, 0.2) is 0 Å². The van der Waals surface area contributed by atoms with Crippen LogP contribution in [-0.2, 0) is 4.79 Å². The molecule has 3 nitrogen and oxygen atoms in total. The molecule has 0 unspecified atom stereocenters. The summed E-state index contributed by atoms with van der Waals surface area (Å²) in [4.78, 5) is 13.0. The van der Waals surface area contributed by atoms with Crippen LogP contribution in [0.3, 0.4) is 0 Å². The van der Waals surface area contributed by atoms with Gasteiger partial charge in [-0.05, 0) is 41.8 Å². The molecule has 0 aliphatic heterocycles. The van der Waals surface area contributed by atoms with Crippen molar-refractivity contribution in [2.24, 2.45) is 0 Å². The minimum Gasteiger partial charge on any atom is -0.399 e. The van der Waals surface area contributed by atoms with Gasteiger partial charge in [0.1, 0.15) is 0 Å². The molecule has 0 aliphatic rings. The fourth-order valence-corrected chi connectivity index (χ4v) is 2.69. The number of benzene rings is 2. The minimum atomic E-state index is -0.0108. The molecule has 4 heteroatoms. The van der Waals surface area contributed by atoms with Gasteiger partial charge in [-0.3, -0.25) is 4.79 Å². The topological polar surface area (TPSA) is 55.1 Å². The lowest BCUT2D eigenvalue weighted by Gasteiger charge is -2.09. The molecule has 0 fully saturated rings. The van der Waals surface area contributed by atoms with E-state index in [1.54, 1.807) is 0 Å². The lowest BCUT2D eigenvalue weighted by molar-refractivity contribution is -0.113. The Labute approximate surface area is 129 Å². The van der Waals surface area contributed by atoms with Crippen LogP contribution in [0.25, 0.3) is 0 Å². The monoisotopic (exact) mass is 300 g/mol. The van der Waals surface area contributed by atoms with Crippen molar-refractivity contribution in [1.82, 2.24) is 0 Å². The van der Waals surface area contributed by atoms with E-state index in [9.17, 15) is 4.79 Å². The molecule has 0 saturated heterocycles. The van der Waals surface area contributed by atoms with Gasteiger partial charge in [0, 0.05) is 16.3 Å². The van der Waals surface area contributed by atoms with Gasteiger partial charge in [0.25, 0.3) is 0 Å². The third kappa shape index (κ3) is 4.83. The van der Waals surface area contributed by atoms with Crippen LogP contribution >= 0.6 is 11.8 Å². The summed E-state index contributed by atoms with van der Waals surface area (Å²) >= 11 is 1.48. The number of hydrogen-bond donors (Lipinski definition) is 2. The van der Waals surface area contributed by atoms with E-state index in [2.05, 4.69) is 25.2 Å². The Morgan fingerprint density at radius 1 is 1.19 bits per heavy atom. The maximum atomic E-state index is 12.0. The van der Waals surface area contributed by atoms with Gasteiger partial charge in [-0.25, -0.2) is 0 Å². The fraction of sp³-hybridized carbons (Fsp3) is 0.235. The van der Waals surface area contributed by atoms with Crippen LogP contribution < -0.4 is 11.1 Å². The Bertz CT molecular complexity index is 626. The second kappa shape index (κ2) is 7.18. The molecule has 2 rings (SSSR count). The predicted octanol–water partition coefficient (Wildman–Crippen LogP) is 4.12. The molecule has 110 valence electrons. The fourth-order valence-electron chi connectivity index (χ4n) is 1.93. The Balaban J connectivity index is 1.91. The Kier molecular flexibility index (Phi) is 5.28. The molecule has 0 aliphatic carbocycles. The number of amides is 1. The first kappa shape index (κ1) is 15.4. The highest BCUT2D eigenvalue weighted by atomic mass is 32.2. The van der Waals surface area contributed by atoms with Crippen molar-refractivity contribution in [3.63, 3.8) is 0 Å². The number of nitrogens with two attached hydrogens (primary N) is 1. The predicted molar refractivity (Wildman–Crippen MR) is 90.7 cm³/mol. The highest BCUT2D eigenvalue weighted by molar-refractivity contribution is 8.00. The van der Waals surface area contributed by atoms with Crippen molar-refractivity contribution >= 4 is 29.0 Å². The Morgan fingerprint density at radius 2 is 1.95 bits per heavy atom. The maximum absolute atomic E-state index is 12.0. The molecular formula is C17H20N2OS. The highest BCUT2D eigenvalue weighted by Crippen LogP contribution is 2.21. The highest BCUT2D eigenvalue weighted by Gasteiger charge is 2.05. The van der Waals surface area contributed by atoms with Crippen LogP contribution in [0.2, 0.25) is 0 Å². The van der Waals surface area contributed by atoms with Gasteiger partial charge in [-0.1, -0.05) is 32.0 Å². The molecule has 0 heterocycles. The third-order valence-corrected chi connectivity index (χ3v) is 4.06. The first-order chi connectivity index (χ1) is 10.0. The zero-order valence-electron chi connectivity index (χ0n) is 12.3. The molecule has 2 aromatic carbocycles. The Morgan fingerprint density at radius 3 is 2.67 bits per heavy atom. The largest absolute Gasteiger partial charge is 0.399 e. The summed E-state index contributed by atoms with van der Waals surface area (Å²) in [5.41, 5.74) is 8.50. The van der Waals surface area contributed by atoms with Gasteiger partial charge < -0.3 is 11.1 Å². The van der Waals surface area contributed by atoms with Gasteiger partial charge >= 0.3 is 0 Å². The van der Waals surface area contributed by atoms with E-state index in [0.717, 1.165) is 10.6 Å². The van der Waals surface area contributed by atoms with Crippen molar-refractivity contribution in [2.75, 3.05) is 16.8 Å². The average molecular weight is 300 g/mol. The van der Waals surface area contributed by atoms with Crippen LogP contribution in [-0.4, -0.2) is 11.7 Å². The van der Waals surface area contributed by atoms with Crippen molar-refractivity contribution in [3.05, 3.63) is 54.1 Å². The third-order valence-electron chi connectivity index (χ3n) is 3.07. The van der Waals surface area contributed by atoms with Crippen molar-refractivity contribution in [1.29, 1.82) is 0 Å². The molecular weight excluding hydrogens is 280 g/mol. The first-order valence-corrected chi connectivity index (χ1v) is 7.91. The summed E-state index contributed by atoms with van der Waals surface area (Å²) < 4.78 is 0. The second-order valence-electron chi connectivity index (χ2n) is 5.19. The molecule has 0 atom stereocenters. The molecule has 0 bridgehead atoms. The molecule has 2 aromatic rings. The molecule has 3 N–H and O–H groups in total. The van der Waals surface area contributed by atoms with E-state index in [1.165, 1.54) is 17.3 Å². The van der Waals surface area contributed by atoms with Crippen LogP contribution in [0, 0.1) is 0 Å². The van der Waals surface area contributed by atoms with E-state index in [4.69, 9.17) is 5.73 Å². The Hall–Kier alpha value is -1.94. The standard InChI is InChI=1S/C17H20N2OS/c1-12(2)13-5-3-7-15(9-13)19-17(20)11-21-16-8-4-6-14(18)10-16/h3-10,12H,11,18H2,1-2H3,(H,19,20). The number of carbonyl (C=O) groups is 1. The zero-order valence-corrected chi connectivity index (χ0v) is 13.1. The molecule has 21 heavy (non-hydrogen) atoms. The second-order valence-corrected chi connectivity index (χ2v) is 6.24. The van der Waals surface area contributed by atoms with Crippen molar-refractivity contribution < 1.29 is 4.79 Å². The summed E-state index contributed by atoms with van der Waals surface area (Å²) in [7, 11) is 0. The lowest BCUT2D eigenvalue weighted by Crippen LogP contribution is -2.14. The SMILES string of the molecule is CC(C)c1cccc(NC(=O)CSc2cccc(N)c2)c1. The zero-order chi connectivity index (χ0) is 15.2. The summed E-state index contributed by atoms with van der Waals surface area (Å²) in [6, 6.07) is 15.5. The number of nitrogens with one attached hydrogen (secondary N) is 1. The first-order valence-electron chi connectivity index (χ1n) is 6.93. The normalized spacial score (nSPS) is 10.6. The minimum absolute atomic E-state index is 0.0108. The summed E-state index contributed by atoms with van der Waals surface area (Å²) in [5, 5.41) is 2.93. The van der Waals surface area contributed by atoms with Gasteiger partial charge in [0.2, 0.25) is 5.91 Å². The molecule has 0 aromatic heterocycles. The lowest BCUT2D eigenvalue weighted by atomic mass is 10.0. The number of nitrogen functional groups attached to an aromatic ring is 1. The van der Waals surface area contributed by atoms with Crippen molar-refractivity contribution in [2.45, 2.75) is 24.7 Å². The average Bonchev–Trinajstić information content (AvgIpc) is 2.45. The molecule has 0 spiro atoms. The molecule has 0 radical (unpaired) electrons. The van der Waals surface area contributed by atoms with Crippen LogP contribution in [0.15, 0.2) is 53.4 Å².